The van der Waals surface area contributed by atoms with Crippen LogP contribution in [0.4, 0.5) is 0 Å². The number of rotatable bonds is 5. The van der Waals surface area contributed by atoms with Crippen molar-refractivity contribution in [1.82, 2.24) is 5.32 Å². The van der Waals surface area contributed by atoms with E-state index in [1.807, 2.05) is 12.1 Å². The average molecular weight is 369 g/mol. The molecule has 2 fully saturated rings. The maximum atomic E-state index is 12.7. The van der Waals surface area contributed by atoms with Gasteiger partial charge in [0, 0.05) is 25.2 Å². The molecule has 1 heterocycles. The van der Waals surface area contributed by atoms with Crippen molar-refractivity contribution in [2.75, 3.05) is 26.9 Å². The van der Waals surface area contributed by atoms with Crippen molar-refractivity contribution < 1.29 is 14.3 Å². The number of nitrogens with two attached hydrogens (primary N) is 1. The molecule has 1 aliphatic carbocycles. The monoisotopic (exact) mass is 368 g/mol. The molecule has 1 amide bonds. The number of amides is 1. The highest BCUT2D eigenvalue weighted by atomic mass is 35.5. The normalized spacial score (nSPS) is 21.2. The predicted octanol–water partition coefficient (Wildman–Crippen LogP) is 2.55. The molecule has 1 aromatic rings. The summed E-state index contributed by atoms with van der Waals surface area (Å²) in [6.45, 7) is 1.76. The zero-order valence-electron chi connectivity index (χ0n) is 14.9. The molecule has 3 rings (SSSR count). The number of hydrogen-bond donors (Lipinski definition) is 2. The van der Waals surface area contributed by atoms with Gasteiger partial charge in [-0.15, -0.1) is 12.4 Å². The SMILES string of the molecule is COc1cccc(C2(CNC(=O)C3(N)CCOCC3)CCCC2)c1.Cl. The minimum absolute atomic E-state index is 0. The summed E-state index contributed by atoms with van der Waals surface area (Å²) in [6, 6.07) is 8.23. The van der Waals surface area contributed by atoms with E-state index < -0.39 is 5.54 Å². The fraction of sp³-hybridized carbons (Fsp3) is 0.632. The van der Waals surface area contributed by atoms with Crippen LogP contribution in [-0.2, 0) is 14.9 Å². The molecule has 0 radical (unpaired) electrons. The molecular weight excluding hydrogens is 340 g/mol. The van der Waals surface area contributed by atoms with Gasteiger partial charge < -0.3 is 20.5 Å². The summed E-state index contributed by atoms with van der Waals surface area (Å²) < 4.78 is 10.7. The first-order valence-corrected chi connectivity index (χ1v) is 8.88. The smallest absolute Gasteiger partial charge is 0.240 e. The molecule has 1 saturated carbocycles. The fourth-order valence-electron chi connectivity index (χ4n) is 3.96. The van der Waals surface area contributed by atoms with Gasteiger partial charge in [0.05, 0.1) is 12.6 Å². The molecule has 0 spiro atoms. The van der Waals surface area contributed by atoms with Crippen LogP contribution in [0.5, 0.6) is 5.75 Å². The molecule has 0 unspecified atom stereocenters. The number of carbonyl (C=O) groups is 1. The Bertz CT molecular complexity index is 582. The molecule has 0 aromatic heterocycles. The van der Waals surface area contributed by atoms with Gasteiger partial charge >= 0.3 is 0 Å². The van der Waals surface area contributed by atoms with Crippen LogP contribution in [0.1, 0.15) is 44.1 Å². The van der Waals surface area contributed by atoms with E-state index in [2.05, 4.69) is 17.4 Å². The molecule has 0 atom stereocenters. The van der Waals surface area contributed by atoms with Crippen LogP contribution in [0.25, 0.3) is 0 Å². The zero-order valence-corrected chi connectivity index (χ0v) is 15.7. The van der Waals surface area contributed by atoms with Gasteiger partial charge in [0.15, 0.2) is 0 Å². The Balaban J connectivity index is 0.00000225. The van der Waals surface area contributed by atoms with Crippen molar-refractivity contribution >= 4 is 18.3 Å². The Morgan fingerprint density at radius 3 is 2.56 bits per heavy atom. The van der Waals surface area contributed by atoms with Gasteiger partial charge in [-0.25, -0.2) is 0 Å². The third kappa shape index (κ3) is 4.27. The second-order valence-corrected chi connectivity index (χ2v) is 7.17. The van der Waals surface area contributed by atoms with E-state index in [0.717, 1.165) is 18.6 Å². The number of ether oxygens (including phenoxy) is 2. The van der Waals surface area contributed by atoms with Crippen molar-refractivity contribution in [3.63, 3.8) is 0 Å². The highest BCUT2D eigenvalue weighted by Crippen LogP contribution is 2.41. The Labute approximate surface area is 156 Å². The third-order valence-electron chi connectivity index (χ3n) is 5.67. The number of halogens is 1. The highest BCUT2D eigenvalue weighted by molar-refractivity contribution is 5.86. The van der Waals surface area contributed by atoms with Crippen molar-refractivity contribution in [2.24, 2.45) is 5.73 Å². The van der Waals surface area contributed by atoms with Gasteiger partial charge in [-0.1, -0.05) is 25.0 Å². The first-order valence-electron chi connectivity index (χ1n) is 8.88. The Kier molecular flexibility index (Phi) is 6.72. The van der Waals surface area contributed by atoms with Crippen LogP contribution in [-0.4, -0.2) is 38.3 Å². The second-order valence-electron chi connectivity index (χ2n) is 7.17. The van der Waals surface area contributed by atoms with Crippen LogP contribution < -0.4 is 15.8 Å². The maximum Gasteiger partial charge on any atom is 0.240 e. The summed E-state index contributed by atoms with van der Waals surface area (Å²) in [4.78, 5) is 12.7. The average Bonchev–Trinajstić information content (AvgIpc) is 3.10. The molecule has 5 nitrogen and oxygen atoms in total. The summed E-state index contributed by atoms with van der Waals surface area (Å²) in [5.41, 5.74) is 6.76. The van der Waals surface area contributed by atoms with E-state index in [4.69, 9.17) is 15.2 Å². The number of hydrogen-bond acceptors (Lipinski definition) is 4. The molecule has 140 valence electrons. The molecule has 6 heteroatoms. The second kappa shape index (κ2) is 8.39. The van der Waals surface area contributed by atoms with E-state index in [9.17, 15) is 4.79 Å². The molecule has 1 aliphatic heterocycles. The van der Waals surface area contributed by atoms with Crippen molar-refractivity contribution in [1.29, 1.82) is 0 Å². The maximum absolute atomic E-state index is 12.7. The molecular formula is C19H29ClN2O3. The topological polar surface area (TPSA) is 73.6 Å². The molecule has 1 saturated heterocycles. The Hall–Kier alpha value is -1.30. The van der Waals surface area contributed by atoms with Crippen LogP contribution in [0.2, 0.25) is 0 Å². The predicted molar refractivity (Wildman–Crippen MR) is 100 cm³/mol. The van der Waals surface area contributed by atoms with Crippen LogP contribution >= 0.6 is 12.4 Å². The molecule has 0 bridgehead atoms. The molecule has 3 N–H and O–H groups in total. The lowest BCUT2D eigenvalue weighted by molar-refractivity contribution is -0.130. The van der Waals surface area contributed by atoms with E-state index in [0.29, 0.717) is 32.6 Å². The van der Waals surface area contributed by atoms with Gasteiger partial charge in [-0.3, -0.25) is 4.79 Å². The third-order valence-corrected chi connectivity index (χ3v) is 5.67. The van der Waals surface area contributed by atoms with E-state index >= 15 is 0 Å². The van der Waals surface area contributed by atoms with Gasteiger partial charge in [-0.05, 0) is 43.4 Å². The van der Waals surface area contributed by atoms with Crippen molar-refractivity contribution in [3.8, 4) is 5.75 Å². The summed E-state index contributed by atoms with van der Waals surface area (Å²) in [7, 11) is 1.69. The minimum Gasteiger partial charge on any atom is -0.497 e. The lowest BCUT2D eigenvalue weighted by Gasteiger charge is -2.35. The van der Waals surface area contributed by atoms with Gasteiger partial charge in [0.25, 0.3) is 0 Å². The Morgan fingerprint density at radius 2 is 1.92 bits per heavy atom. The zero-order chi connectivity index (χ0) is 17.0. The van der Waals surface area contributed by atoms with Crippen molar-refractivity contribution in [2.45, 2.75) is 49.5 Å². The standard InChI is InChI=1S/C19H28N2O3.ClH/c1-23-16-6-4-5-15(13-16)18(7-2-3-8-18)14-21-17(22)19(20)9-11-24-12-10-19;/h4-6,13H,2-3,7-12,14,20H2,1H3,(H,21,22);1H. The van der Waals surface area contributed by atoms with Gasteiger partial charge in [-0.2, -0.15) is 0 Å². The van der Waals surface area contributed by atoms with E-state index in [-0.39, 0.29) is 23.7 Å². The largest absolute Gasteiger partial charge is 0.497 e. The molecule has 2 aliphatic rings. The number of carbonyl (C=O) groups excluding carboxylic acids is 1. The minimum atomic E-state index is -0.785. The van der Waals surface area contributed by atoms with Gasteiger partial charge in [0.1, 0.15) is 5.75 Å². The number of benzene rings is 1. The number of nitrogens with one attached hydrogen (secondary N) is 1. The van der Waals surface area contributed by atoms with Crippen LogP contribution in [0, 0.1) is 0 Å². The lowest BCUT2D eigenvalue weighted by atomic mass is 9.78. The number of methoxy groups -OCH3 is 1. The first kappa shape index (κ1) is 20.0. The van der Waals surface area contributed by atoms with E-state index in [1.165, 1.54) is 18.4 Å². The van der Waals surface area contributed by atoms with Crippen LogP contribution in [0.3, 0.4) is 0 Å². The Morgan fingerprint density at radius 1 is 1.24 bits per heavy atom. The summed E-state index contributed by atoms with van der Waals surface area (Å²) in [6.07, 6.45) is 5.72. The van der Waals surface area contributed by atoms with Gasteiger partial charge in [0.2, 0.25) is 5.91 Å². The van der Waals surface area contributed by atoms with E-state index in [1.54, 1.807) is 7.11 Å². The molecule has 25 heavy (non-hydrogen) atoms. The lowest BCUT2D eigenvalue weighted by Crippen LogP contribution is -2.58. The first-order chi connectivity index (χ1) is 11.6. The molecule has 1 aromatic carbocycles. The summed E-state index contributed by atoms with van der Waals surface area (Å²) in [5.74, 6) is 0.824. The van der Waals surface area contributed by atoms with Crippen molar-refractivity contribution in [3.05, 3.63) is 29.8 Å². The fourth-order valence-corrected chi connectivity index (χ4v) is 3.96. The quantitative estimate of drug-likeness (QED) is 0.837. The van der Waals surface area contributed by atoms with Crippen LogP contribution in [0.15, 0.2) is 24.3 Å². The summed E-state index contributed by atoms with van der Waals surface area (Å²) in [5, 5.41) is 3.15. The summed E-state index contributed by atoms with van der Waals surface area (Å²) >= 11 is 0. The highest BCUT2D eigenvalue weighted by Gasteiger charge is 2.40.